The number of rotatable bonds is 8. The molecule has 1 aliphatic rings. The Morgan fingerprint density at radius 1 is 1.29 bits per heavy atom. The van der Waals surface area contributed by atoms with Crippen LogP contribution in [0.3, 0.4) is 0 Å². The maximum atomic E-state index is 12.0. The summed E-state index contributed by atoms with van der Waals surface area (Å²) in [6.07, 6.45) is 4.27. The molecule has 0 aromatic heterocycles. The minimum Gasteiger partial charge on any atom is -0.447 e. The van der Waals surface area contributed by atoms with Crippen molar-refractivity contribution < 1.29 is 14.3 Å². The maximum absolute atomic E-state index is 12.0. The molecule has 1 heterocycles. The van der Waals surface area contributed by atoms with Crippen molar-refractivity contribution in [1.29, 1.82) is 0 Å². The average Bonchev–Trinajstić information content (AvgIpc) is 3.02. The molecule has 3 amide bonds. The quantitative estimate of drug-likeness (QED) is 0.756. The number of nitrogens with one attached hydrogen (secondary N) is 2. The van der Waals surface area contributed by atoms with Crippen molar-refractivity contribution in [2.45, 2.75) is 39.5 Å². The van der Waals surface area contributed by atoms with Crippen LogP contribution in [0.2, 0.25) is 0 Å². The van der Waals surface area contributed by atoms with Gasteiger partial charge in [-0.15, -0.1) is 0 Å². The zero-order chi connectivity index (χ0) is 17.4. The molecule has 0 spiro atoms. The van der Waals surface area contributed by atoms with Crippen LogP contribution in [0.25, 0.3) is 0 Å². The summed E-state index contributed by atoms with van der Waals surface area (Å²) < 4.78 is 4.91. The highest BCUT2D eigenvalue weighted by atomic mass is 16.6. The zero-order valence-electron chi connectivity index (χ0n) is 14.5. The van der Waals surface area contributed by atoms with E-state index in [2.05, 4.69) is 24.5 Å². The molecule has 1 atom stereocenters. The van der Waals surface area contributed by atoms with Crippen LogP contribution in [-0.2, 0) is 4.74 Å². The van der Waals surface area contributed by atoms with Crippen molar-refractivity contribution in [3.8, 4) is 0 Å². The van der Waals surface area contributed by atoms with Gasteiger partial charge in [-0.05, 0) is 36.6 Å². The van der Waals surface area contributed by atoms with Crippen LogP contribution in [0.4, 0.5) is 21.0 Å². The lowest BCUT2D eigenvalue weighted by Crippen LogP contribution is -2.33. The number of anilines is 2. The number of hydrogen-bond donors (Lipinski definition) is 2. The number of cyclic esters (lactones) is 1. The zero-order valence-corrected chi connectivity index (χ0v) is 14.5. The Bertz CT molecular complexity index is 545. The summed E-state index contributed by atoms with van der Waals surface area (Å²) in [7, 11) is 0. The summed E-state index contributed by atoms with van der Waals surface area (Å²) in [5, 5.41) is 5.75. The summed E-state index contributed by atoms with van der Waals surface area (Å²) in [6.45, 7) is 6.00. The van der Waals surface area contributed by atoms with Crippen LogP contribution in [0.1, 0.15) is 39.5 Å². The number of urea groups is 1. The molecule has 1 aromatic carbocycles. The third kappa shape index (κ3) is 5.15. The molecular formula is C18H27N3O3. The lowest BCUT2D eigenvalue weighted by atomic mass is 9.99. The predicted molar refractivity (Wildman–Crippen MR) is 95.5 cm³/mol. The SMILES string of the molecule is CCCCC(CC)CNC(=O)Nc1ccc(N2CCOC2=O)cc1. The fourth-order valence-electron chi connectivity index (χ4n) is 2.71. The molecule has 1 aliphatic heterocycles. The van der Waals surface area contributed by atoms with Crippen LogP contribution in [0.15, 0.2) is 24.3 Å². The Morgan fingerprint density at radius 2 is 2.04 bits per heavy atom. The van der Waals surface area contributed by atoms with E-state index in [0.29, 0.717) is 31.3 Å². The van der Waals surface area contributed by atoms with E-state index in [1.165, 1.54) is 12.8 Å². The van der Waals surface area contributed by atoms with Gasteiger partial charge in [-0.1, -0.05) is 33.1 Å². The number of benzene rings is 1. The average molecular weight is 333 g/mol. The molecular weight excluding hydrogens is 306 g/mol. The predicted octanol–water partition coefficient (Wildman–Crippen LogP) is 3.98. The Hall–Kier alpha value is -2.24. The second-order valence-corrected chi connectivity index (χ2v) is 6.06. The number of unbranched alkanes of at least 4 members (excludes halogenated alkanes) is 1. The van der Waals surface area contributed by atoms with Gasteiger partial charge in [0.05, 0.1) is 6.54 Å². The first-order chi connectivity index (χ1) is 11.6. The highest BCUT2D eigenvalue weighted by molar-refractivity contribution is 5.91. The molecule has 1 aromatic rings. The summed E-state index contributed by atoms with van der Waals surface area (Å²) >= 11 is 0. The third-order valence-electron chi connectivity index (χ3n) is 4.29. The number of carbonyl (C=O) groups is 2. The largest absolute Gasteiger partial charge is 0.447 e. The molecule has 132 valence electrons. The molecule has 24 heavy (non-hydrogen) atoms. The van der Waals surface area contributed by atoms with Gasteiger partial charge in [0.2, 0.25) is 0 Å². The van der Waals surface area contributed by atoms with Crippen molar-refractivity contribution in [2.75, 3.05) is 29.9 Å². The van der Waals surface area contributed by atoms with Gasteiger partial charge < -0.3 is 15.4 Å². The fraction of sp³-hybridized carbons (Fsp3) is 0.556. The molecule has 2 N–H and O–H groups in total. The molecule has 0 bridgehead atoms. The summed E-state index contributed by atoms with van der Waals surface area (Å²) in [4.78, 5) is 25.1. The monoisotopic (exact) mass is 333 g/mol. The Morgan fingerprint density at radius 3 is 2.62 bits per heavy atom. The van der Waals surface area contributed by atoms with Crippen LogP contribution >= 0.6 is 0 Å². The van der Waals surface area contributed by atoms with Gasteiger partial charge in [0.25, 0.3) is 0 Å². The van der Waals surface area contributed by atoms with Crippen molar-refractivity contribution in [2.24, 2.45) is 5.92 Å². The Balaban J connectivity index is 1.80. The number of hydrogen-bond acceptors (Lipinski definition) is 3. The normalized spacial score (nSPS) is 15.1. The van der Waals surface area contributed by atoms with E-state index in [9.17, 15) is 9.59 Å². The maximum Gasteiger partial charge on any atom is 0.414 e. The van der Waals surface area contributed by atoms with Gasteiger partial charge in [-0.3, -0.25) is 4.90 Å². The molecule has 0 aliphatic carbocycles. The van der Waals surface area contributed by atoms with Crippen LogP contribution < -0.4 is 15.5 Å². The van der Waals surface area contributed by atoms with E-state index < -0.39 is 0 Å². The fourth-order valence-corrected chi connectivity index (χ4v) is 2.71. The first kappa shape index (κ1) is 18.1. The molecule has 1 unspecified atom stereocenters. The summed E-state index contributed by atoms with van der Waals surface area (Å²) in [6, 6.07) is 6.98. The third-order valence-corrected chi connectivity index (χ3v) is 4.29. The lowest BCUT2D eigenvalue weighted by Gasteiger charge is -2.16. The van der Waals surface area contributed by atoms with Gasteiger partial charge in [-0.2, -0.15) is 0 Å². The standard InChI is InChI=1S/C18H27N3O3/c1-3-5-6-14(4-2)13-19-17(22)20-15-7-9-16(10-8-15)21-11-12-24-18(21)23/h7-10,14H,3-6,11-13H2,1-2H3,(H2,19,20,22). The molecule has 6 heteroatoms. The van der Waals surface area contributed by atoms with Crippen molar-refractivity contribution in [3.05, 3.63) is 24.3 Å². The van der Waals surface area contributed by atoms with E-state index in [0.717, 1.165) is 18.5 Å². The lowest BCUT2D eigenvalue weighted by molar-refractivity contribution is 0.181. The van der Waals surface area contributed by atoms with Crippen molar-refractivity contribution in [3.63, 3.8) is 0 Å². The van der Waals surface area contributed by atoms with Gasteiger partial charge in [0.1, 0.15) is 6.61 Å². The van der Waals surface area contributed by atoms with Gasteiger partial charge in [0, 0.05) is 17.9 Å². The molecule has 0 radical (unpaired) electrons. The number of amides is 3. The second kappa shape index (κ2) is 9.15. The molecule has 1 saturated heterocycles. The van der Waals surface area contributed by atoms with Crippen molar-refractivity contribution in [1.82, 2.24) is 5.32 Å². The second-order valence-electron chi connectivity index (χ2n) is 6.06. The molecule has 2 rings (SSSR count). The van der Waals surface area contributed by atoms with E-state index in [-0.39, 0.29) is 12.1 Å². The summed E-state index contributed by atoms with van der Waals surface area (Å²) in [5.41, 5.74) is 1.47. The van der Waals surface area contributed by atoms with Gasteiger partial charge in [0.15, 0.2) is 0 Å². The van der Waals surface area contributed by atoms with Crippen LogP contribution in [0, 0.1) is 5.92 Å². The molecule has 1 fully saturated rings. The van der Waals surface area contributed by atoms with E-state index in [4.69, 9.17) is 4.74 Å². The number of nitrogens with zero attached hydrogens (tertiary/aromatic N) is 1. The first-order valence-corrected chi connectivity index (χ1v) is 8.73. The van der Waals surface area contributed by atoms with Gasteiger partial charge >= 0.3 is 12.1 Å². The molecule has 6 nitrogen and oxygen atoms in total. The molecule has 0 saturated carbocycles. The minimum atomic E-state index is -0.328. The minimum absolute atomic E-state index is 0.196. The topological polar surface area (TPSA) is 70.7 Å². The smallest absolute Gasteiger partial charge is 0.414 e. The summed E-state index contributed by atoms with van der Waals surface area (Å²) in [5.74, 6) is 0.527. The first-order valence-electron chi connectivity index (χ1n) is 8.73. The highest BCUT2D eigenvalue weighted by Crippen LogP contribution is 2.21. The van der Waals surface area contributed by atoms with E-state index in [1.807, 2.05) is 0 Å². The van der Waals surface area contributed by atoms with Crippen molar-refractivity contribution >= 4 is 23.5 Å². The highest BCUT2D eigenvalue weighted by Gasteiger charge is 2.23. The Kier molecular flexibility index (Phi) is 6.90. The van der Waals surface area contributed by atoms with Crippen LogP contribution in [0.5, 0.6) is 0 Å². The van der Waals surface area contributed by atoms with Gasteiger partial charge in [-0.25, -0.2) is 9.59 Å². The van der Waals surface area contributed by atoms with E-state index in [1.54, 1.807) is 29.2 Å². The van der Waals surface area contributed by atoms with E-state index >= 15 is 0 Å². The number of carbonyl (C=O) groups excluding carboxylic acids is 2. The van der Waals surface area contributed by atoms with Crippen LogP contribution in [-0.4, -0.2) is 31.8 Å². The number of ether oxygens (including phenoxy) is 1. The Labute approximate surface area is 143 Å².